The zero-order chi connectivity index (χ0) is 9.28. The normalized spacial score (nSPS) is 11.0. The highest BCUT2D eigenvalue weighted by atomic mass is 16.5. The fraction of sp³-hybridized carbons (Fsp3) is 0.857. The molecule has 2 N–H and O–H groups in total. The van der Waals surface area contributed by atoms with Gasteiger partial charge in [-0.15, -0.1) is 0 Å². The van der Waals surface area contributed by atoms with E-state index in [2.05, 4.69) is 4.74 Å². The number of hydrogen-bond acceptors (Lipinski definition) is 4. The number of hydrogen-bond donors (Lipinski definition) is 2. The van der Waals surface area contributed by atoms with Gasteiger partial charge in [-0.05, 0) is 13.8 Å². The Bertz CT molecular complexity index is 90.4. The van der Waals surface area contributed by atoms with Gasteiger partial charge in [0.15, 0.2) is 0 Å². The molecule has 0 spiro atoms. The second-order valence-corrected chi connectivity index (χ2v) is 1.96. The number of ether oxygens (including phenoxy) is 1. The molecule has 0 unspecified atom stereocenters. The SMILES string of the molecule is CCOC(C)=O.C[C@H](O)CO. The van der Waals surface area contributed by atoms with E-state index in [1.807, 2.05) is 0 Å². The van der Waals surface area contributed by atoms with Crippen molar-refractivity contribution in [2.24, 2.45) is 0 Å². The van der Waals surface area contributed by atoms with E-state index in [1.54, 1.807) is 6.92 Å². The van der Waals surface area contributed by atoms with Crippen molar-refractivity contribution < 1.29 is 19.7 Å². The summed E-state index contributed by atoms with van der Waals surface area (Å²) in [6, 6.07) is 0. The molecule has 0 bridgehead atoms. The first-order valence-electron chi connectivity index (χ1n) is 3.46. The fourth-order valence-electron chi connectivity index (χ4n) is 0.203. The summed E-state index contributed by atoms with van der Waals surface area (Å²) in [5.74, 6) is -0.211. The smallest absolute Gasteiger partial charge is 0.302 e. The van der Waals surface area contributed by atoms with Crippen LogP contribution < -0.4 is 0 Å². The van der Waals surface area contributed by atoms with Gasteiger partial charge in [0.05, 0.1) is 19.3 Å². The summed E-state index contributed by atoms with van der Waals surface area (Å²) in [5, 5.41) is 16.0. The summed E-state index contributed by atoms with van der Waals surface area (Å²) in [6.45, 7) is 5.04. The topological polar surface area (TPSA) is 66.8 Å². The minimum absolute atomic E-state index is 0.139. The molecule has 0 aliphatic heterocycles. The fourth-order valence-corrected chi connectivity index (χ4v) is 0.203. The van der Waals surface area contributed by atoms with Crippen LogP contribution in [0.3, 0.4) is 0 Å². The predicted molar refractivity (Wildman–Crippen MR) is 41.1 cm³/mol. The summed E-state index contributed by atoms with van der Waals surface area (Å²) in [5.41, 5.74) is 0. The van der Waals surface area contributed by atoms with E-state index in [0.717, 1.165) is 0 Å². The first-order valence-corrected chi connectivity index (χ1v) is 3.46. The van der Waals surface area contributed by atoms with Crippen molar-refractivity contribution in [3.63, 3.8) is 0 Å². The van der Waals surface area contributed by atoms with Crippen LogP contribution in [0, 0.1) is 0 Å². The van der Waals surface area contributed by atoms with Gasteiger partial charge in [0.2, 0.25) is 0 Å². The molecule has 4 heteroatoms. The molecule has 0 radical (unpaired) electrons. The molecule has 0 saturated carbocycles. The van der Waals surface area contributed by atoms with E-state index in [0.29, 0.717) is 6.61 Å². The first kappa shape index (κ1) is 13.0. The zero-order valence-electron chi connectivity index (χ0n) is 7.20. The second-order valence-electron chi connectivity index (χ2n) is 1.96. The van der Waals surface area contributed by atoms with E-state index >= 15 is 0 Å². The van der Waals surface area contributed by atoms with Crippen molar-refractivity contribution in [2.45, 2.75) is 26.9 Å². The highest BCUT2D eigenvalue weighted by Crippen LogP contribution is 1.69. The molecule has 0 aromatic heterocycles. The largest absolute Gasteiger partial charge is 0.466 e. The van der Waals surface area contributed by atoms with Crippen molar-refractivity contribution in [2.75, 3.05) is 13.2 Å². The van der Waals surface area contributed by atoms with Gasteiger partial charge in [0.25, 0.3) is 0 Å². The molecule has 68 valence electrons. The van der Waals surface area contributed by atoms with E-state index in [9.17, 15) is 4.79 Å². The van der Waals surface area contributed by atoms with Gasteiger partial charge < -0.3 is 14.9 Å². The van der Waals surface area contributed by atoms with Gasteiger partial charge >= 0.3 is 5.97 Å². The monoisotopic (exact) mass is 164 g/mol. The van der Waals surface area contributed by atoms with E-state index < -0.39 is 6.10 Å². The predicted octanol–water partition coefficient (Wildman–Crippen LogP) is -0.0711. The molecule has 0 aliphatic rings. The van der Waals surface area contributed by atoms with Gasteiger partial charge in [0, 0.05) is 6.92 Å². The zero-order valence-corrected chi connectivity index (χ0v) is 7.20. The third kappa shape index (κ3) is 26.6. The first-order chi connectivity index (χ1) is 5.04. The Morgan fingerprint density at radius 3 is 2.00 bits per heavy atom. The van der Waals surface area contributed by atoms with Crippen molar-refractivity contribution in [1.29, 1.82) is 0 Å². The second kappa shape index (κ2) is 9.39. The van der Waals surface area contributed by atoms with Gasteiger partial charge in [-0.3, -0.25) is 4.79 Å². The van der Waals surface area contributed by atoms with Crippen LogP contribution >= 0.6 is 0 Å². The average molecular weight is 164 g/mol. The Hall–Kier alpha value is -0.610. The van der Waals surface area contributed by atoms with Gasteiger partial charge in [0.1, 0.15) is 0 Å². The number of esters is 1. The molecule has 4 nitrogen and oxygen atoms in total. The van der Waals surface area contributed by atoms with Crippen LogP contribution in [-0.2, 0) is 9.53 Å². The lowest BCUT2D eigenvalue weighted by atomic mass is 10.5. The average Bonchev–Trinajstić information content (AvgIpc) is 1.89. The number of carbonyl (C=O) groups excluding carboxylic acids is 1. The minimum atomic E-state index is -0.560. The molecule has 0 aromatic carbocycles. The van der Waals surface area contributed by atoms with Crippen LogP contribution in [-0.4, -0.2) is 35.5 Å². The summed E-state index contributed by atoms with van der Waals surface area (Å²) < 4.78 is 4.40. The summed E-state index contributed by atoms with van der Waals surface area (Å²) in [6.07, 6.45) is -0.560. The Morgan fingerprint density at radius 2 is 2.00 bits per heavy atom. The van der Waals surface area contributed by atoms with Crippen molar-refractivity contribution in [3.05, 3.63) is 0 Å². The number of rotatable bonds is 2. The highest BCUT2D eigenvalue weighted by molar-refractivity contribution is 5.65. The molecule has 0 saturated heterocycles. The lowest BCUT2D eigenvalue weighted by Gasteiger charge is -1.90. The maximum atomic E-state index is 9.82. The van der Waals surface area contributed by atoms with Crippen LogP contribution in [0.4, 0.5) is 0 Å². The number of aliphatic hydroxyl groups excluding tert-OH is 2. The molecule has 0 aromatic rings. The van der Waals surface area contributed by atoms with Crippen LogP contribution in [0.1, 0.15) is 20.8 Å². The van der Waals surface area contributed by atoms with E-state index in [-0.39, 0.29) is 12.6 Å². The third-order valence-corrected chi connectivity index (χ3v) is 0.612. The summed E-state index contributed by atoms with van der Waals surface area (Å²) in [4.78, 5) is 9.82. The summed E-state index contributed by atoms with van der Waals surface area (Å²) in [7, 11) is 0. The van der Waals surface area contributed by atoms with Crippen LogP contribution in [0.15, 0.2) is 0 Å². The minimum Gasteiger partial charge on any atom is -0.466 e. The third-order valence-electron chi connectivity index (χ3n) is 0.612. The van der Waals surface area contributed by atoms with Gasteiger partial charge in [-0.1, -0.05) is 0 Å². The maximum absolute atomic E-state index is 9.82. The lowest BCUT2D eigenvalue weighted by Crippen LogP contribution is -2.03. The Kier molecular flexibility index (Phi) is 11.1. The molecule has 1 atom stereocenters. The van der Waals surface area contributed by atoms with Crippen molar-refractivity contribution >= 4 is 5.97 Å². The maximum Gasteiger partial charge on any atom is 0.302 e. The van der Waals surface area contributed by atoms with E-state index in [1.165, 1.54) is 13.8 Å². The standard InChI is InChI=1S/C4H8O2.C3H8O2/c1-3-6-4(2)5;1-3(5)2-4/h3H2,1-2H3;3-5H,2H2,1H3/t;3-/m.0/s1. The lowest BCUT2D eigenvalue weighted by molar-refractivity contribution is -0.140. The van der Waals surface area contributed by atoms with Gasteiger partial charge in [-0.25, -0.2) is 0 Å². The molecule has 0 heterocycles. The van der Waals surface area contributed by atoms with E-state index in [4.69, 9.17) is 10.2 Å². The van der Waals surface area contributed by atoms with Crippen LogP contribution in [0.2, 0.25) is 0 Å². The molecular formula is C7H16O4. The molecule has 0 amide bonds. The number of aliphatic hydroxyl groups is 2. The number of carbonyl (C=O) groups is 1. The molecular weight excluding hydrogens is 148 g/mol. The highest BCUT2D eigenvalue weighted by Gasteiger charge is 1.83. The van der Waals surface area contributed by atoms with Crippen LogP contribution in [0.25, 0.3) is 0 Å². The van der Waals surface area contributed by atoms with Crippen molar-refractivity contribution in [1.82, 2.24) is 0 Å². The Balaban J connectivity index is 0. The quantitative estimate of drug-likeness (QED) is 0.560. The molecule has 11 heavy (non-hydrogen) atoms. The molecule has 0 rings (SSSR count). The Morgan fingerprint density at radius 1 is 1.64 bits per heavy atom. The Labute approximate surface area is 66.8 Å². The van der Waals surface area contributed by atoms with Crippen molar-refractivity contribution in [3.8, 4) is 0 Å². The summed E-state index contributed by atoms with van der Waals surface area (Å²) >= 11 is 0. The molecule has 0 fully saturated rings. The van der Waals surface area contributed by atoms with Crippen LogP contribution in [0.5, 0.6) is 0 Å². The van der Waals surface area contributed by atoms with Gasteiger partial charge in [-0.2, -0.15) is 0 Å². The molecule has 0 aliphatic carbocycles.